The Labute approximate surface area is 66.4 Å². The summed E-state index contributed by atoms with van der Waals surface area (Å²) < 4.78 is 25.2. The van der Waals surface area contributed by atoms with Crippen LogP contribution in [0.25, 0.3) is 0 Å². The quantitative estimate of drug-likeness (QED) is 0.602. The molecule has 0 bridgehead atoms. The first-order valence-electron chi connectivity index (χ1n) is 2.98. The van der Waals surface area contributed by atoms with Crippen molar-refractivity contribution < 1.29 is 18.7 Å². The molecular formula is C7H4F2NO2-. The first kappa shape index (κ1) is 8.45. The van der Waals surface area contributed by atoms with Gasteiger partial charge in [0, 0.05) is 11.6 Å². The van der Waals surface area contributed by atoms with Crippen LogP contribution in [0.15, 0.2) is 12.1 Å². The number of benzene rings is 1. The average Bonchev–Trinajstić information content (AvgIpc) is 1.96. The van der Waals surface area contributed by atoms with Gasteiger partial charge in [0.1, 0.15) is 11.6 Å². The van der Waals surface area contributed by atoms with Crippen LogP contribution in [-0.2, 0) is 0 Å². The molecule has 1 aromatic rings. The van der Waals surface area contributed by atoms with Gasteiger partial charge in [0.25, 0.3) is 0 Å². The molecule has 0 unspecified atom stereocenters. The highest BCUT2D eigenvalue weighted by Crippen LogP contribution is 2.15. The Morgan fingerprint density at radius 1 is 1.33 bits per heavy atom. The third-order valence-electron chi connectivity index (χ3n) is 1.31. The molecule has 0 atom stereocenters. The van der Waals surface area contributed by atoms with E-state index in [1.165, 1.54) is 0 Å². The van der Waals surface area contributed by atoms with Crippen LogP contribution in [0.5, 0.6) is 0 Å². The third-order valence-corrected chi connectivity index (χ3v) is 1.31. The average molecular weight is 172 g/mol. The van der Waals surface area contributed by atoms with E-state index in [1.54, 1.807) is 0 Å². The van der Waals surface area contributed by atoms with Gasteiger partial charge >= 0.3 is 0 Å². The summed E-state index contributed by atoms with van der Waals surface area (Å²) in [6, 6.07) is 1.08. The number of rotatable bonds is 1. The van der Waals surface area contributed by atoms with E-state index >= 15 is 0 Å². The van der Waals surface area contributed by atoms with Gasteiger partial charge in [-0.3, -0.25) is 0 Å². The van der Waals surface area contributed by atoms with E-state index in [0.29, 0.717) is 12.1 Å². The number of hydrogen-bond donors (Lipinski definition) is 1. The predicted molar refractivity (Wildman–Crippen MR) is 35.1 cm³/mol. The number of halogens is 2. The summed E-state index contributed by atoms with van der Waals surface area (Å²) in [5.74, 6) is -3.85. The van der Waals surface area contributed by atoms with Crippen molar-refractivity contribution in [3.63, 3.8) is 0 Å². The second-order valence-electron chi connectivity index (χ2n) is 2.14. The van der Waals surface area contributed by atoms with Crippen LogP contribution in [-0.4, -0.2) is 5.97 Å². The summed E-state index contributed by atoms with van der Waals surface area (Å²) >= 11 is 0. The Balaban J connectivity index is 3.33. The largest absolute Gasteiger partial charge is 0.545 e. The van der Waals surface area contributed by atoms with Crippen LogP contribution in [0.1, 0.15) is 10.4 Å². The first-order valence-corrected chi connectivity index (χ1v) is 2.98. The number of hydrogen-bond acceptors (Lipinski definition) is 3. The Morgan fingerprint density at radius 3 is 2.42 bits per heavy atom. The van der Waals surface area contributed by atoms with Crippen LogP contribution < -0.4 is 10.8 Å². The number of nitrogens with two attached hydrogens (primary N) is 1. The van der Waals surface area contributed by atoms with Gasteiger partial charge in [-0.1, -0.05) is 0 Å². The number of aromatic carboxylic acids is 1. The topological polar surface area (TPSA) is 66.2 Å². The normalized spacial score (nSPS) is 9.83. The van der Waals surface area contributed by atoms with E-state index in [1.807, 2.05) is 0 Å². The van der Waals surface area contributed by atoms with Crippen molar-refractivity contribution in [2.75, 3.05) is 5.73 Å². The van der Waals surface area contributed by atoms with Gasteiger partial charge in [0.05, 0.1) is 11.7 Å². The van der Waals surface area contributed by atoms with Gasteiger partial charge in [0.15, 0.2) is 0 Å². The van der Waals surface area contributed by atoms with Crippen molar-refractivity contribution in [3.8, 4) is 0 Å². The molecular weight excluding hydrogens is 168 g/mol. The highest BCUT2D eigenvalue weighted by molar-refractivity contribution is 5.86. The molecule has 64 valence electrons. The number of anilines is 1. The maximum Gasteiger partial charge on any atom is 0.146 e. The summed E-state index contributed by atoms with van der Waals surface area (Å²) in [6.45, 7) is 0. The van der Waals surface area contributed by atoms with Crippen molar-refractivity contribution in [1.29, 1.82) is 0 Å². The Bertz CT molecular complexity index is 338. The summed E-state index contributed by atoms with van der Waals surface area (Å²) in [5, 5.41) is 10.1. The summed E-state index contributed by atoms with van der Waals surface area (Å²) in [5.41, 5.74) is 3.70. The molecule has 1 aromatic carbocycles. The molecule has 0 spiro atoms. The minimum atomic E-state index is -1.77. The number of carboxylic acids is 1. The van der Waals surface area contributed by atoms with Crippen molar-refractivity contribution >= 4 is 11.7 Å². The van der Waals surface area contributed by atoms with Crippen molar-refractivity contribution in [3.05, 3.63) is 29.3 Å². The van der Waals surface area contributed by atoms with E-state index in [4.69, 9.17) is 5.73 Å². The molecule has 0 fully saturated rings. The monoisotopic (exact) mass is 172 g/mol. The zero-order valence-electron chi connectivity index (χ0n) is 5.80. The fourth-order valence-corrected chi connectivity index (χ4v) is 0.719. The van der Waals surface area contributed by atoms with Crippen molar-refractivity contribution in [2.24, 2.45) is 0 Å². The minimum Gasteiger partial charge on any atom is -0.545 e. The van der Waals surface area contributed by atoms with Gasteiger partial charge in [-0.15, -0.1) is 0 Å². The molecule has 0 saturated carbocycles. The SMILES string of the molecule is Nc1cc(F)c(C(=O)[O-])cc1F. The predicted octanol–water partition coefficient (Wildman–Crippen LogP) is -0.0895. The second kappa shape index (κ2) is 2.77. The van der Waals surface area contributed by atoms with Crippen molar-refractivity contribution in [1.82, 2.24) is 0 Å². The van der Waals surface area contributed by atoms with Crippen molar-refractivity contribution in [2.45, 2.75) is 0 Å². The molecule has 0 amide bonds. The molecule has 0 aliphatic rings. The summed E-state index contributed by atoms with van der Waals surface area (Å²) in [6.07, 6.45) is 0. The van der Waals surface area contributed by atoms with Gasteiger partial charge in [-0.05, 0) is 6.07 Å². The summed E-state index contributed by atoms with van der Waals surface area (Å²) in [7, 11) is 0. The number of carbonyl (C=O) groups excluding carboxylic acids is 1. The van der Waals surface area contributed by atoms with Crippen LogP contribution in [0, 0.1) is 11.6 Å². The molecule has 5 heteroatoms. The highest BCUT2D eigenvalue weighted by Gasteiger charge is 2.07. The van der Waals surface area contributed by atoms with Gasteiger partial charge < -0.3 is 15.6 Å². The first-order chi connectivity index (χ1) is 5.52. The van der Waals surface area contributed by atoms with Gasteiger partial charge in [0.2, 0.25) is 0 Å². The van der Waals surface area contributed by atoms with E-state index in [9.17, 15) is 18.7 Å². The smallest absolute Gasteiger partial charge is 0.146 e. The molecule has 0 heterocycles. The molecule has 0 saturated heterocycles. The lowest BCUT2D eigenvalue weighted by atomic mass is 10.2. The maximum absolute atomic E-state index is 12.6. The standard InChI is InChI=1S/C7H5F2NO2/c8-4-2-6(10)5(9)1-3(4)7(11)12/h1-2H,10H2,(H,11,12)/p-1. The fourth-order valence-electron chi connectivity index (χ4n) is 0.719. The minimum absolute atomic E-state index is 0.433. The highest BCUT2D eigenvalue weighted by atomic mass is 19.1. The lowest BCUT2D eigenvalue weighted by Crippen LogP contribution is -2.23. The van der Waals surface area contributed by atoms with Gasteiger partial charge in [-0.2, -0.15) is 0 Å². The van der Waals surface area contributed by atoms with Crippen LogP contribution in [0.2, 0.25) is 0 Å². The summed E-state index contributed by atoms with van der Waals surface area (Å²) in [4.78, 5) is 10.1. The molecule has 0 aliphatic heterocycles. The molecule has 0 aromatic heterocycles. The zero-order valence-corrected chi connectivity index (χ0v) is 5.80. The Kier molecular flexibility index (Phi) is 1.95. The molecule has 12 heavy (non-hydrogen) atoms. The molecule has 1 rings (SSSR count). The second-order valence-corrected chi connectivity index (χ2v) is 2.14. The Morgan fingerprint density at radius 2 is 1.92 bits per heavy atom. The van der Waals surface area contributed by atoms with E-state index < -0.39 is 28.9 Å². The lowest BCUT2D eigenvalue weighted by Gasteiger charge is -2.04. The van der Waals surface area contributed by atoms with Crippen LogP contribution in [0.3, 0.4) is 0 Å². The van der Waals surface area contributed by atoms with Crippen LogP contribution in [0.4, 0.5) is 14.5 Å². The molecule has 3 nitrogen and oxygen atoms in total. The number of nitrogen functional groups attached to an aromatic ring is 1. The number of carboxylic acid groups (broad SMARTS) is 1. The lowest BCUT2D eigenvalue weighted by molar-refractivity contribution is -0.255. The van der Waals surface area contributed by atoms with Gasteiger partial charge in [-0.25, -0.2) is 8.78 Å². The third kappa shape index (κ3) is 1.34. The van der Waals surface area contributed by atoms with E-state index in [0.717, 1.165) is 0 Å². The Hall–Kier alpha value is -1.65. The van der Waals surface area contributed by atoms with E-state index in [2.05, 4.69) is 0 Å². The maximum atomic E-state index is 12.6. The van der Waals surface area contributed by atoms with E-state index in [-0.39, 0.29) is 0 Å². The zero-order chi connectivity index (χ0) is 9.30. The fraction of sp³-hybridized carbons (Fsp3) is 0. The molecule has 0 aliphatic carbocycles. The molecule has 0 radical (unpaired) electrons. The number of carbonyl (C=O) groups is 1. The molecule has 2 N–H and O–H groups in total. The van der Waals surface area contributed by atoms with Crippen LogP contribution >= 0.6 is 0 Å².